The van der Waals surface area contributed by atoms with Crippen LogP contribution < -0.4 is 10.6 Å². The molecule has 1 aromatic heterocycles. The molecule has 2 N–H and O–H groups in total. The van der Waals surface area contributed by atoms with Crippen LogP contribution in [0.1, 0.15) is 12.8 Å². The highest BCUT2D eigenvalue weighted by Crippen LogP contribution is 2.26. The zero-order valence-corrected chi connectivity index (χ0v) is 18.2. The molecule has 0 aromatic carbocycles. The highest BCUT2D eigenvalue weighted by Gasteiger charge is 2.34. The Morgan fingerprint density at radius 3 is 2.56 bits per heavy atom. The largest absolute Gasteiger partial charge is 0.381 e. The first-order valence-electron chi connectivity index (χ1n) is 8.55. The minimum absolute atomic E-state index is 0. The predicted molar refractivity (Wildman–Crippen MR) is 114 cm³/mol. The van der Waals surface area contributed by atoms with Crippen molar-refractivity contribution in [2.75, 3.05) is 64.9 Å². The molecule has 2 aliphatic rings. The second-order valence-corrected chi connectivity index (χ2v) is 7.57. The third kappa shape index (κ3) is 4.95. The van der Waals surface area contributed by atoms with E-state index in [2.05, 4.69) is 33.8 Å². The van der Waals surface area contributed by atoms with Crippen molar-refractivity contribution in [3.63, 3.8) is 0 Å². The number of anilines is 1. The van der Waals surface area contributed by atoms with Crippen LogP contribution in [0.5, 0.6) is 0 Å². The number of likely N-dealkylation sites (N-methyl/N-ethyl adjacent to an activating group) is 1. The summed E-state index contributed by atoms with van der Waals surface area (Å²) < 4.78 is 5.52. The number of aliphatic imine (C=N–C) groups is 1. The number of hydrogen-bond donors (Lipinski definition) is 1. The molecule has 0 amide bonds. The molecule has 2 aliphatic heterocycles. The molecule has 3 rings (SSSR count). The first kappa shape index (κ1) is 20.7. The Hall–Kier alpha value is -0.650. The quantitative estimate of drug-likeness (QED) is 0.398. The molecule has 7 nitrogen and oxygen atoms in total. The van der Waals surface area contributed by atoms with E-state index in [1.54, 1.807) is 11.3 Å². The second kappa shape index (κ2) is 9.33. The number of halogens is 1. The van der Waals surface area contributed by atoms with Crippen molar-refractivity contribution in [3.8, 4) is 0 Å². The maximum absolute atomic E-state index is 6.28. The average molecular weight is 480 g/mol. The summed E-state index contributed by atoms with van der Waals surface area (Å²) >= 11 is 1.69. The Balaban J connectivity index is 0.00000225. The number of rotatable bonds is 4. The van der Waals surface area contributed by atoms with Crippen LogP contribution in [-0.4, -0.2) is 86.3 Å². The summed E-state index contributed by atoms with van der Waals surface area (Å²) in [6, 6.07) is 0. The van der Waals surface area contributed by atoms with Gasteiger partial charge < -0.3 is 25.2 Å². The van der Waals surface area contributed by atoms with Crippen molar-refractivity contribution >= 4 is 46.4 Å². The van der Waals surface area contributed by atoms with Gasteiger partial charge in [-0.1, -0.05) is 0 Å². The second-order valence-electron chi connectivity index (χ2n) is 6.69. The summed E-state index contributed by atoms with van der Waals surface area (Å²) in [5.74, 6) is 0.668. The van der Waals surface area contributed by atoms with E-state index < -0.39 is 0 Å². The van der Waals surface area contributed by atoms with Crippen LogP contribution in [0.2, 0.25) is 0 Å². The lowest BCUT2D eigenvalue weighted by molar-refractivity contribution is -0.00261. The minimum atomic E-state index is 0. The Bertz CT molecular complexity index is 539. The monoisotopic (exact) mass is 480 g/mol. The average Bonchev–Trinajstić information content (AvgIpc) is 3.15. The van der Waals surface area contributed by atoms with Gasteiger partial charge in [0.2, 0.25) is 0 Å². The fourth-order valence-electron chi connectivity index (χ4n) is 3.33. The minimum Gasteiger partial charge on any atom is -0.381 e. The number of thiazole rings is 1. The topological polar surface area (TPSA) is 70.2 Å². The van der Waals surface area contributed by atoms with E-state index in [4.69, 9.17) is 15.5 Å². The van der Waals surface area contributed by atoms with Crippen molar-refractivity contribution < 1.29 is 4.74 Å². The molecule has 9 heteroatoms. The summed E-state index contributed by atoms with van der Waals surface area (Å²) in [5.41, 5.74) is 6.36. The van der Waals surface area contributed by atoms with Crippen LogP contribution in [0.4, 0.5) is 5.13 Å². The third-order valence-electron chi connectivity index (χ3n) is 5.20. The molecule has 0 bridgehead atoms. The van der Waals surface area contributed by atoms with Crippen LogP contribution in [0.25, 0.3) is 0 Å². The number of aromatic nitrogens is 1. The number of guanidine groups is 1. The van der Waals surface area contributed by atoms with E-state index in [1.165, 1.54) is 0 Å². The Kier molecular flexibility index (Phi) is 7.71. The Morgan fingerprint density at radius 1 is 1.32 bits per heavy atom. The zero-order chi connectivity index (χ0) is 17.0. The van der Waals surface area contributed by atoms with Gasteiger partial charge in [0.1, 0.15) is 0 Å². The van der Waals surface area contributed by atoms with Crippen molar-refractivity contribution in [1.82, 2.24) is 14.8 Å². The lowest BCUT2D eigenvalue weighted by Crippen LogP contribution is -2.53. The first-order chi connectivity index (χ1) is 11.6. The van der Waals surface area contributed by atoms with Gasteiger partial charge in [-0.3, -0.25) is 4.99 Å². The molecule has 0 saturated carbocycles. The van der Waals surface area contributed by atoms with Gasteiger partial charge in [0.05, 0.1) is 6.54 Å². The summed E-state index contributed by atoms with van der Waals surface area (Å²) in [4.78, 5) is 15.9. The number of nitrogens with two attached hydrogens (primary N) is 1. The van der Waals surface area contributed by atoms with E-state index in [0.717, 1.165) is 63.9 Å². The number of ether oxygens (including phenoxy) is 1. The van der Waals surface area contributed by atoms with E-state index >= 15 is 0 Å². The first-order valence-corrected chi connectivity index (χ1v) is 9.43. The molecule has 0 radical (unpaired) electrons. The molecule has 0 unspecified atom stereocenters. The molecule has 2 saturated heterocycles. The van der Waals surface area contributed by atoms with Crippen molar-refractivity contribution in [1.29, 1.82) is 0 Å². The van der Waals surface area contributed by atoms with E-state index in [0.29, 0.717) is 5.96 Å². The smallest absolute Gasteiger partial charge is 0.191 e. The summed E-state index contributed by atoms with van der Waals surface area (Å²) in [5, 5.41) is 3.12. The Labute approximate surface area is 171 Å². The molecule has 2 fully saturated rings. The van der Waals surface area contributed by atoms with Crippen molar-refractivity contribution in [2.24, 2.45) is 10.7 Å². The fourth-order valence-corrected chi connectivity index (χ4v) is 4.02. The lowest BCUT2D eigenvalue weighted by atomic mass is 9.89. The molecule has 0 atom stereocenters. The van der Waals surface area contributed by atoms with E-state index in [9.17, 15) is 0 Å². The zero-order valence-electron chi connectivity index (χ0n) is 15.1. The molecular formula is C16H29IN6OS. The van der Waals surface area contributed by atoms with Gasteiger partial charge in [-0.25, -0.2) is 4.98 Å². The molecule has 142 valence electrons. The summed E-state index contributed by atoms with van der Waals surface area (Å²) in [6.45, 7) is 6.02. The maximum atomic E-state index is 6.28. The van der Waals surface area contributed by atoms with Crippen molar-refractivity contribution in [3.05, 3.63) is 11.6 Å². The third-order valence-corrected chi connectivity index (χ3v) is 6.03. The number of nitrogens with zero attached hydrogens (tertiary/aromatic N) is 5. The molecule has 0 spiro atoms. The number of hydrogen-bond acceptors (Lipinski definition) is 6. The fraction of sp³-hybridized carbons (Fsp3) is 0.750. The van der Waals surface area contributed by atoms with Gasteiger partial charge in [0.15, 0.2) is 11.1 Å². The van der Waals surface area contributed by atoms with E-state index in [-0.39, 0.29) is 29.5 Å². The van der Waals surface area contributed by atoms with Gasteiger partial charge in [-0.05, 0) is 26.9 Å². The Morgan fingerprint density at radius 2 is 2.00 bits per heavy atom. The van der Waals surface area contributed by atoms with Crippen molar-refractivity contribution in [2.45, 2.75) is 18.4 Å². The molecule has 25 heavy (non-hydrogen) atoms. The normalized spacial score (nSPS) is 21.3. The van der Waals surface area contributed by atoms with Gasteiger partial charge in [0.25, 0.3) is 0 Å². The highest BCUT2D eigenvalue weighted by atomic mass is 127. The van der Waals surface area contributed by atoms with E-state index in [1.807, 2.05) is 11.6 Å². The van der Waals surface area contributed by atoms with Gasteiger partial charge in [0, 0.05) is 56.5 Å². The van der Waals surface area contributed by atoms with Crippen LogP contribution >= 0.6 is 35.3 Å². The van der Waals surface area contributed by atoms with Crippen LogP contribution in [0, 0.1) is 0 Å². The van der Waals surface area contributed by atoms with Gasteiger partial charge >= 0.3 is 0 Å². The summed E-state index contributed by atoms with van der Waals surface area (Å²) in [6.07, 6.45) is 3.87. The highest BCUT2D eigenvalue weighted by molar-refractivity contribution is 14.0. The van der Waals surface area contributed by atoms with Crippen LogP contribution in [-0.2, 0) is 4.74 Å². The molecule has 3 heterocycles. The maximum Gasteiger partial charge on any atom is 0.191 e. The predicted octanol–water partition coefficient (Wildman–Crippen LogP) is 1.31. The van der Waals surface area contributed by atoms with Crippen LogP contribution in [0.3, 0.4) is 0 Å². The van der Waals surface area contributed by atoms with Gasteiger partial charge in [-0.15, -0.1) is 35.3 Å². The SMILES string of the molecule is CN(C)C1(CN=C(N)N2CCN(c3nccs3)CC2)CCOCC1.I. The van der Waals surface area contributed by atoms with Crippen LogP contribution in [0.15, 0.2) is 16.6 Å². The lowest BCUT2D eigenvalue weighted by Gasteiger charge is -2.42. The van der Waals surface area contributed by atoms with Gasteiger partial charge in [-0.2, -0.15) is 0 Å². The molecule has 0 aliphatic carbocycles. The standard InChI is InChI=1S/C16H28N6OS.HI/c1-20(2)16(3-10-23-11-4-16)13-19-14(17)21-6-8-22(9-7-21)15-18-5-12-24-15;/h5,12H,3-4,6-11,13H2,1-2H3,(H2,17,19);1H. The molecule has 1 aromatic rings. The number of piperazine rings is 1. The molecular weight excluding hydrogens is 451 g/mol. The summed E-state index contributed by atoms with van der Waals surface area (Å²) in [7, 11) is 4.26.